The number of nitrogens with one attached hydrogen (secondary N) is 2. The van der Waals surface area contributed by atoms with Crippen LogP contribution in [0.1, 0.15) is 25.5 Å². The van der Waals surface area contributed by atoms with Gasteiger partial charge in [0.25, 0.3) is 0 Å². The smallest absolute Gasteiger partial charge is 0.216 e. The predicted molar refractivity (Wildman–Crippen MR) is 64.9 cm³/mol. The number of carbonyl (C=O) groups is 1. The summed E-state index contributed by atoms with van der Waals surface area (Å²) in [6.45, 7) is 4.46. The molecule has 17 heavy (non-hydrogen) atoms. The summed E-state index contributed by atoms with van der Waals surface area (Å²) in [6.07, 6.45) is 0. The summed E-state index contributed by atoms with van der Waals surface area (Å²) >= 11 is 0. The van der Waals surface area contributed by atoms with Crippen LogP contribution < -0.4 is 10.6 Å². The number of carbonyl (C=O) groups excluding carboxylic acids is 1. The first-order chi connectivity index (χ1) is 8.00. The second-order valence-corrected chi connectivity index (χ2v) is 3.90. The van der Waals surface area contributed by atoms with Crippen molar-refractivity contribution in [3.05, 3.63) is 23.8 Å². The minimum atomic E-state index is -0.101. The molecule has 1 amide bonds. The minimum absolute atomic E-state index is 0.0698. The Morgan fingerprint density at radius 3 is 2.71 bits per heavy atom. The van der Waals surface area contributed by atoms with Crippen LogP contribution in [0.3, 0.4) is 0 Å². The molecule has 5 heteroatoms. The summed E-state index contributed by atoms with van der Waals surface area (Å²) < 4.78 is 0. The minimum Gasteiger partial charge on any atom is -0.508 e. The van der Waals surface area contributed by atoms with Gasteiger partial charge in [-0.3, -0.25) is 4.79 Å². The van der Waals surface area contributed by atoms with E-state index in [4.69, 9.17) is 0 Å². The van der Waals surface area contributed by atoms with Gasteiger partial charge in [0, 0.05) is 31.6 Å². The van der Waals surface area contributed by atoms with Gasteiger partial charge in [0.1, 0.15) is 11.5 Å². The van der Waals surface area contributed by atoms with Crippen LogP contribution >= 0.6 is 0 Å². The Kier molecular flexibility index (Phi) is 4.78. The predicted octanol–water partition coefficient (Wildman–Crippen LogP) is 0.884. The molecule has 94 valence electrons. The molecule has 1 aromatic carbocycles. The van der Waals surface area contributed by atoms with E-state index in [1.54, 1.807) is 0 Å². The van der Waals surface area contributed by atoms with Crippen molar-refractivity contribution in [2.75, 3.05) is 13.1 Å². The number of phenolic OH excluding ortho intramolecular Hbond substituents is 2. The third kappa shape index (κ3) is 4.32. The first kappa shape index (κ1) is 13.3. The third-order valence-corrected chi connectivity index (χ3v) is 2.43. The quantitative estimate of drug-likeness (QED) is 0.453. The summed E-state index contributed by atoms with van der Waals surface area (Å²) in [7, 11) is 0. The fraction of sp³-hybridized carbons (Fsp3) is 0.417. The molecule has 5 nitrogen and oxygen atoms in total. The fourth-order valence-electron chi connectivity index (χ4n) is 1.53. The Morgan fingerprint density at radius 1 is 1.35 bits per heavy atom. The molecule has 4 N–H and O–H groups in total. The number of benzene rings is 1. The van der Waals surface area contributed by atoms with Gasteiger partial charge in [0.05, 0.1) is 0 Å². The zero-order valence-corrected chi connectivity index (χ0v) is 10.0. The van der Waals surface area contributed by atoms with Gasteiger partial charge in [-0.15, -0.1) is 0 Å². The van der Waals surface area contributed by atoms with Gasteiger partial charge in [0.15, 0.2) is 0 Å². The monoisotopic (exact) mass is 238 g/mol. The van der Waals surface area contributed by atoms with Crippen LogP contribution in [0, 0.1) is 0 Å². The van der Waals surface area contributed by atoms with E-state index in [9.17, 15) is 15.0 Å². The van der Waals surface area contributed by atoms with Crippen LogP contribution in [0.2, 0.25) is 0 Å². The Labute approximate surface area is 100 Å². The summed E-state index contributed by atoms with van der Waals surface area (Å²) in [5.41, 5.74) is 0.632. The zero-order valence-electron chi connectivity index (χ0n) is 10.0. The number of hydrogen-bond donors (Lipinski definition) is 4. The number of phenols is 2. The van der Waals surface area contributed by atoms with E-state index in [0.717, 1.165) is 0 Å². The first-order valence-electron chi connectivity index (χ1n) is 5.50. The van der Waals surface area contributed by atoms with Gasteiger partial charge in [-0.1, -0.05) is 0 Å². The van der Waals surface area contributed by atoms with Crippen molar-refractivity contribution in [3.8, 4) is 11.5 Å². The van der Waals surface area contributed by atoms with E-state index < -0.39 is 0 Å². The third-order valence-electron chi connectivity index (χ3n) is 2.43. The highest BCUT2D eigenvalue weighted by Gasteiger charge is 2.10. The maximum absolute atomic E-state index is 10.6. The highest BCUT2D eigenvalue weighted by molar-refractivity contribution is 5.72. The molecule has 1 unspecified atom stereocenters. The lowest BCUT2D eigenvalue weighted by molar-refractivity contribution is -0.118. The topological polar surface area (TPSA) is 81.6 Å². The average Bonchev–Trinajstić information content (AvgIpc) is 2.27. The maximum atomic E-state index is 10.6. The van der Waals surface area contributed by atoms with E-state index in [1.165, 1.54) is 25.1 Å². The van der Waals surface area contributed by atoms with Crippen LogP contribution in [0.25, 0.3) is 0 Å². The molecule has 0 spiro atoms. The number of aromatic hydroxyl groups is 2. The Balaban J connectivity index is 2.49. The lowest BCUT2D eigenvalue weighted by Gasteiger charge is -2.15. The standard InChI is InChI=1S/C12H18N2O3/c1-8(13-5-6-14-9(2)15)11-7-10(16)3-4-12(11)17/h3-4,7-8,13,16-17H,5-6H2,1-2H3,(H,14,15). The van der Waals surface area contributed by atoms with Gasteiger partial charge in [-0.05, 0) is 25.1 Å². The van der Waals surface area contributed by atoms with Crippen LogP contribution in [0.15, 0.2) is 18.2 Å². The van der Waals surface area contributed by atoms with Crippen LogP contribution in [0.4, 0.5) is 0 Å². The molecule has 0 saturated heterocycles. The Morgan fingerprint density at radius 2 is 2.06 bits per heavy atom. The van der Waals surface area contributed by atoms with Gasteiger partial charge in [-0.2, -0.15) is 0 Å². The molecule has 1 rings (SSSR count). The largest absolute Gasteiger partial charge is 0.508 e. The van der Waals surface area contributed by atoms with E-state index in [1.807, 2.05) is 6.92 Å². The molecule has 0 fully saturated rings. The van der Waals surface area contributed by atoms with Crippen molar-refractivity contribution >= 4 is 5.91 Å². The molecule has 0 heterocycles. The summed E-state index contributed by atoms with van der Waals surface area (Å²) in [5, 5.41) is 24.8. The van der Waals surface area contributed by atoms with Gasteiger partial charge in [0.2, 0.25) is 5.91 Å². The van der Waals surface area contributed by atoms with E-state index in [2.05, 4.69) is 10.6 Å². The zero-order chi connectivity index (χ0) is 12.8. The summed E-state index contributed by atoms with van der Waals surface area (Å²) in [4.78, 5) is 10.6. The molecule has 0 aliphatic carbocycles. The summed E-state index contributed by atoms with van der Waals surface area (Å²) in [6, 6.07) is 4.31. The molecular weight excluding hydrogens is 220 g/mol. The van der Waals surface area contributed by atoms with Crippen molar-refractivity contribution in [3.63, 3.8) is 0 Å². The second kappa shape index (κ2) is 6.10. The summed E-state index contributed by atoms with van der Waals surface area (Å²) in [5.74, 6) is 0.190. The number of rotatable bonds is 5. The molecule has 1 aromatic rings. The molecular formula is C12H18N2O3. The van der Waals surface area contributed by atoms with Crippen LogP contribution in [-0.4, -0.2) is 29.2 Å². The first-order valence-corrected chi connectivity index (χ1v) is 5.50. The molecule has 0 bridgehead atoms. The van der Waals surface area contributed by atoms with Gasteiger partial charge < -0.3 is 20.8 Å². The van der Waals surface area contributed by atoms with Crippen LogP contribution in [-0.2, 0) is 4.79 Å². The van der Waals surface area contributed by atoms with Crippen LogP contribution in [0.5, 0.6) is 11.5 Å². The average molecular weight is 238 g/mol. The Bertz CT molecular complexity index is 393. The second-order valence-electron chi connectivity index (χ2n) is 3.90. The van der Waals surface area contributed by atoms with E-state index in [-0.39, 0.29) is 23.4 Å². The van der Waals surface area contributed by atoms with E-state index >= 15 is 0 Å². The van der Waals surface area contributed by atoms with Crippen molar-refractivity contribution in [2.24, 2.45) is 0 Å². The van der Waals surface area contributed by atoms with E-state index in [0.29, 0.717) is 18.7 Å². The molecule has 0 saturated carbocycles. The lowest BCUT2D eigenvalue weighted by atomic mass is 10.1. The van der Waals surface area contributed by atoms with Crippen molar-refractivity contribution in [1.82, 2.24) is 10.6 Å². The number of amides is 1. The Hall–Kier alpha value is -1.75. The SMILES string of the molecule is CC(=O)NCCNC(C)c1cc(O)ccc1O. The molecule has 0 aromatic heterocycles. The highest BCUT2D eigenvalue weighted by atomic mass is 16.3. The molecule has 0 aliphatic rings. The molecule has 0 radical (unpaired) electrons. The van der Waals surface area contributed by atoms with Gasteiger partial charge >= 0.3 is 0 Å². The number of hydrogen-bond acceptors (Lipinski definition) is 4. The van der Waals surface area contributed by atoms with Gasteiger partial charge in [-0.25, -0.2) is 0 Å². The van der Waals surface area contributed by atoms with Crippen molar-refractivity contribution in [2.45, 2.75) is 19.9 Å². The molecule has 0 aliphatic heterocycles. The normalized spacial score (nSPS) is 12.1. The lowest BCUT2D eigenvalue weighted by Crippen LogP contribution is -2.31. The molecule has 1 atom stereocenters. The van der Waals surface area contributed by atoms with Crippen molar-refractivity contribution < 1.29 is 15.0 Å². The van der Waals surface area contributed by atoms with Crippen molar-refractivity contribution in [1.29, 1.82) is 0 Å². The maximum Gasteiger partial charge on any atom is 0.216 e. The fourth-order valence-corrected chi connectivity index (χ4v) is 1.53. The highest BCUT2D eigenvalue weighted by Crippen LogP contribution is 2.27.